The van der Waals surface area contributed by atoms with E-state index in [2.05, 4.69) is 0 Å². The number of carbonyl (C=O) groups is 1. The molecule has 0 aliphatic heterocycles. The first-order chi connectivity index (χ1) is 9.43. The van der Waals surface area contributed by atoms with Crippen molar-refractivity contribution in [3.05, 3.63) is 39.7 Å². The summed E-state index contributed by atoms with van der Waals surface area (Å²) in [6.45, 7) is 5.21. The largest absolute Gasteiger partial charge is 0.479 e. The van der Waals surface area contributed by atoms with Gasteiger partial charge in [-0.05, 0) is 38.0 Å². The van der Waals surface area contributed by atoms with Crippen LogP contribution in [-0.4, -0.2) is 17.2 Å². The highest BCUT2D eigenvalue weighted by Crippen LogP contribution is 2.24. The molecule has 0 radical (unpaired) electrons. The molecule has 2 aromatic rings. The van der Waals surface area contributed by atoms with Gasteiger partial charge >= 0.3 is 11.6 Å². The number of benzene rings is 1. The Morgan fingerprint density at radius 2 is 2.15 bits per heavy atom. The van der Waals surface area contributed by atoms with Gasteiger partial charge in [-0.3, -0.25) is 0 Å². The number of hydrogen-bond donors (Lipinski definition) is 1. The van der Waals surface area contributed by atoms with Crippen LogP contribution in [0.1, 0.15) is 25.0 Å². The molecule has 1 atom stereocenters. The predicted octanol–water partition coefficient (Wildman–Crippen LogP) is 2.52. The molecule has 0 unspecified atom stereocenters. The Balaban J connectivity index is 2.50. The van der Waals surface area contributed by atoms with Crippen LogP contribution in [0.2, 0.25) is 0 Å². The van der Waals surface area contributed by atoms with E-state index in [-0.39, 0.29) is 5.63 Å². The van der Waals surface area contributed by atoms with Crippen molar-refractivity contribution >= 4 is 16.9 Å². The third-order valence-corrected chi connectivity index (χ3v) is 3.27. The van der Waals surface area contributed by atoms with Gasteiger partial charge in [0.05, 0.1) is 0 Å². The molecular formula is C15H16O5. The Labute approximate surface area is 115 Å². The zero-order valence-corrected chi connectivity index (χ0v) is 11.6. The standard InChI is InChI=1S/C15H16O5/c1-4-11-8(2)12-6-5-10(19-9(3)14(16)17)7-13(12)20-15(11)18/h5-7,9H,4H2,1-3H3,(H,16,17)/t9-/m0/s1. The van der Waals surface area contributed by atoms with Crippen molar-refractivity contribution in [1.82, 2.24) is 0 Å². The quantitative estimate of drug-likeness (QED) is 0.868. The number of aliphatic carboxylic acids is 1. The molecular weight excluding hydrogens is 260 g/mol. The molecule has 5 nitrogen and oxygen atoms in total. The number of ether oxygens (including phenoxy) is 1. The Bertz CT molecular complexity index is 714. The Morgan fingerprint density at radius 3 is 2.75 bits per heavy atom. The van der Waals surface area contributed by atoms with Crippen molar-refractivity contribution in [2.75, 3.05) is 0 Å². The van der Waals surface area contributed by atoms with Crippen LogP contribution < -0.4 is 10.4 Å². The molecule has 0 saturated heterocycles. The minimum Gasteiger partial charge on any atom is -0.479 e. The van der Waals surface area contributed by atoms with Gasteiger partial charge in [0, 0.05) is 17.0 Å². The molecule has 0 aliphatic rings. The lowest BCUT2D eigenvalue weighted by atomic mass is 10.0. The molecule has 1 aromatic heterocycles. The Kier molecular flexibility index (Phi) is 3.79. The SMILES string of the molecule is CCc1c(C)c2ccc(O[C@@H](C)C(=O)O)cc2oc1=O. The van der Waals surface area contributed by atoms with Crippen LogP contribution in [-0.2, 0) is 11.2 Å². The van der Waals surface area contributed by atoms with Crippen LogP contribution in [0.15, 0.2) is 27.4 Å². The number of hydrogen-bond acceptors (Lipinski definition) is 4. The second-order valence-corrected chi connectivity index (χ2v) is 4.60. The summed E-state index contributed by atoms with van der Waals surface area (Å²) < 4.78 is 10.5. The molecule has 2 rings (SSSR count). The van der Waals surface area contributed by atoms with E-state index in [0.29, 0.717) is 23.3 Å². The smallest absolute Gasteiger partial charge is 0.344 e. The third kappa shape index (κ3) is 2.52. The van der Waals surface area contributed by atoms with E-state index in [1.54, 1.807) is 18.2 Å². The fourth-order valence-corrected chi connectivity index (χ4v) is 2.11. The highest BCUT2D eigenvalue weighted by atomic mass is 16.5. The van der Waals surface area contributed by atoms with Crippen molar-refractivity contribution in [2.45, 2.75) is 33.3 Å². The van der Waals surface area contributed by atoms with Gasteiger partial charge < -0.3 is 14.3 Å². The topological polar surface area (TPSA) is 76.7 Å². The highest BCUT2D eigenvalue weighted by molar-refractivity contribution is 5.82. The average molecular weight is 276 g/mol. The minimum atomic E-state index is -1.05. The van der Waals surface area contributed by atoms with Gasteiger partial charge in [0.1, 0.15) is 11.3 Å². The van der Waals surface area contributed by atoms with Crippen molar-refractivity contribution in [3.63, 3.8) is 0 Å². The van der Waals surface area contributed by atoms with Gasteiger partial charge in [-0.25, -0.2) is 9.59 Å². The molecule has 1 N–H and O–H groups in total. The number of fused-ring (bicyclic) bond motifs is 1. The van der Waals surface area contributed by atoms with Crippen molar-refractivity contribution in [3.8, 4) is 5.75 Å². The van der Waals surface area contributed by atoms with Gasteiger partial charge in [-0.15, -0.1) is 0 Å². The number of carboxylic acids is 1. The summed E-state index contributed by atoms with van der Waals surface area (Å²) >= 11 is 0. The van der Waals surface area contributed by atoms with E-state index >= 15 is 0 Å². The monoisotopic (exact) mass is 276 g/mol. The molecule has 20 heavy (non-hydrogen) atoms. The molecule has 0 bridgehead atoms. The second kappa shape index (κ2) is 5.36. The number of aryl methyl sites for hydroxylation is 1. The van der Waals surface area contributed by atoms with E-state index in [0.717, 1.165) is 10.9 Å². The van der Waals surface area contributed by atoms with Crippen LogP contribution >= 0.6 is 0 Å². The lowest BCUT2D eigenvalue weighted by molar-refractivity contribution is -0.144. The van der Waals surface area contributed by atoms with E-state index < -0.39 is 12.1 Å². The fraction of sp³-hybridized carbons (Fsp3) is 0.333. The van der Waals surface area contributed by atoms with E-state index in [1.807, 2.05) is 13.8 Å². The molecule has 0 saturated carbocycles. The maximum Gasteiger partial charge on any atom is 0.344 e. The van der Waals surface area contributed by atoms with Gasteiger partial charge in [0.2, 0.25) is 0 Å². The summed E-state index contributed by atoms with van der Waals surface area (Å²) in [5.41, 5.74) is 1.59. The molecule has 0 amide bonds. The lowest BCUT2D eigenvalue weighted by Crippen LogP contribution is -2.22. The maximum absolute atomic E-state index is 11.8. The number of carboxylic acid groups (broad SMARTS) is 1. The van der Waals surface area contributed by atoms with Crippen molar-refractivity contribution < 1.29 is 19.1 Å². The van der Waals surface area contributed by atoms with Crippen LogP contribution in [0.4, 0.5) is 0 Å². The summed E-state index contributed by atoms with van der Waals surface area (Å²) in [5.74, 6) is -0.691. The predicted molar refractivity (Wildman–Crippen MR) is 74.3 cm³/mol. The molecule has 106 valence electrons. The normalized spacial score (nSPS) is 12.3. The second-order valence-electron chi connectivity index (χ2n) is 4.60. The van der Waals surface area contributed by atoms with Crippen molar-refractivity contribution in [1.29, 1.82) is 0 Å². The van der Waals surface area contributed by atoms with Crippen LogP contribution in [0.5, 0.6) is 5.75 Å². The fourth-order valence-electron chi connectivity index (χ4n) is 2.11. The molecule has 5 heteroatoms. The summed E-state index contributed by atoms with van der Waals surface area (Å²) in [6.07, 6.45) is -0.353. The summed E-state index contributed by atoms with van der Waals surface area (Å²) in [7, 11) is 0. The lowest BCUT2D eigenvalue weighted by Gasteiger charge is -2.11. The molecule has 1 heterocycles. The van der Waals surface area contributed by atoms with Gasteiger partial charge in [0.25, 0.3) is 0 Å². The first-order valence-corrected chi connectivity index (χ1v) is 6.39. The van der Waals surface area contributed by atoms with E-state index in [4.69, 9.17) is 14.3 Å². The van der Waals surface area contributed by atoms with E-state index in [9.17, 15) is 9.59 Å². The number of rotatable bonds is 4. The maximum atomic E-state index is 11.8. The molecule has 1 aromatic carbocycles. The summed E-state index contributed by atoms with van der Waals surface area (Å²) in [6, 6.07) is 4.99. The first-order valence-electron chi connectivity index (χ1n) is 6.39. The average Bonchev–Trinajstić information content (AvgIpc) is 2.38. The van der Waals surface area contributed by atoms with Crippen LogP contribution in [0.3, 0.4) is 0 Å². The zero-order chi connectivity index (χ0) is 14.9. The summed E-state index contributed by atoms with van der Waals surface area (Å²) in [4.78, 5) is 22.6. The van der Waals surface area contributed by atoms with Crippen LogP contribution in [0, 0.1) is 6.92 Å². The minimum absolute atomic E-state index is 0.360. The van der Waals surface area contributed by atoms with Crippen molar-refractivity contribution in [2.24, 2.45) is 0 Å². The summed E-state index contributed by atoms with van der Waals surface area (Å²) in [5, 5.41) is 9.65. The Morgan fingerprint density at radius 1 is 1.45 bits per heavy atom. The molecule has 0 fully saturated rings. The van der Waals surface area contributed by atoms with Gasteiger partial charge in [-0.2, -0.15) is 0 Å². The van der Waals surface area contributed by atoms with Gasteiger partial charge in [-0.1, -0.05) is 6.92 Å². The molecule has 0 aliphatic carbocycles. The third-order valence-electron chi connectivity index (χ3n) is 3.27. The zero-order valence-electron chi connectivity index (χ0n) is 11.6. The Hall–Kier alpha value is -2.30. The molecule has 0 spiro atoms. The first kappa shape index (κ1) is 14.1. The van der Waals surface area contributed by atoms with Gasteiger partial charge in [0.15, 0.2) is 6.10 Å². The highest BCUT2D eigenvalue weighted by Gasteiger charge is 2.14. The van der Waals surface area contributed by atoms with E-state index in [1.165, 1.54) is 6.92 Å². The van der Waals surface area contributed by atoms with Crippen LogP contribution in [0.25, 0.3) is 11.0 Å².